The Bertz CT molecular complexity index is 274. The van der Waals surface area contributed by atoms with Gasteiger partial charge in [0.15, 0.2) is 0 Å². The number of aryl methyl sites for hydroxylation is 1. The summed E-state index contributed by atoms with van der Waals surface area (Å²) < 4.78 is 0. The van der Waals surface area contributed by atoms with Gasteiger partial charge in [-0.25, -0.2) is 0 Å². The minimum Gasteiger partial charge on any atom is -0.314 e. The highest BCUT2D eigenvalue weighted by Gasteiger charge is 2.05. The van der Waals surface area contributed by atoms with Gasteiger partial charge >= 0.3 is 0 Å². The Balaban J connectivity index is 2.54. The van der Waals surface area contributed by atoms with Gasteiger partial charge in [0, 0.05) is 12.6 Å². The lowest BCUT2D eigenvalue weighted by atomic mass is 9.99. The summed E-state index contributed by atoms with van der Waals surface area (Å²) in [4.78, 5) is 0. The maximum absolute atomic E-state index is 3.47. The zero-order valence-electron chi connectivity index (χ0n) is 10.4. The van der Waals surface area contributed by atoms with E-state index >= 15 is 0 Å². The van der Waals surface area contributed by atoms with Gasteiger partial charge in [0.2, 0.25) is 0 Å². The maximum atomic E-state index is 3.47. The fraction of sp³-hybridized carbons (Fsp3) is 0.571. The summed E-state index contributed by atoms with van der Waals surface area (Å²) in [5, 5.41) is 3.47. The molecule has 0 heterocycles. The molecule has 1 unspecified atom stereocenters. The SMILES string of the molecule is CCc1ccc(C(C)CNC(C)C)cc1. The molecule has 1 rings (SSSR count). The van der Waals surface area contributed by atoms with E-state index in [4.69, 9.17) is 0 Å². The fourth-order valence-corrected chi connectivity index (χ4v) is 1.61. The molecular formula is C14H23N. The highest BCUT2D eigenvalue weighted by atomic mass is 14.9. The highest BCUT2D eigenvalue weighted by molar-refractivity contribution is 5.25. The molecular weight excluding hydrogens is 182 g/mol. The lowest BCUT2D eigenvalue weighted by Gasteiger charge is -2.15. The van der Waals surface area contributed by atoms with Crippen molar-refractivity contribution in [2.24, 2.45) is 0 Å². The van der Waals surface area contributed by atoms with Crippen molar-refractivity contribution in [3.05, 3.63) is 35.4 Å². The van der Waals surface area contributed by atoms with Crippen LogP contribution in [-0.2, 0) is 6.42 Å². The molecule has 0 aliphatic carbocycles. The van der Waals surface area contributed by atoms with E-state index in [2.05, 4.69) is 57.3 Å². The average Bonchev–Trinajstić information content (AvgIpc) is 2.26. The van der Waals surface area contributed by atoms with Gasteiger partial charge in [0.05, 0.1) is 0 Å². The zero-order valence-corrected chi connectivity index (χ0v) is 10.4. The second-order valence-electron chi connectivity index (χ2n) is 4.56. The molecule has 0 spiro atoms. The van der Waals surface area contributed by atoms with Gasteiger partial charge in [0.1, 0.15) is 0 Å². The Morgan fingerprint density at radius 3 is 2.13 bits per heavy atom. The zero-order chi connectivity index (χ0) is 11.3. The van der Waals surface area contributed by atoms with Crippen LogP contribution in [0.2, 0.25) is 0 Å². The molecule has 1 nitrogen and oxygen atoms in total. The normalized spacial score (nSPS) is 13.1. The van der Waals surface area contributed by atoms with Crippen molar-refractivity contribution in [1.29, 1.82) is 0 Å². The topological polar surface area (TPSA) is 12.0 Å². The van der Waals surface area contributed by atoms with E-state index in [1.54, 1.807) is 0 Å². The molecule has 0 amide bonds. The van der Waals surface area contributed by atoms with Gasteiger partial charge < -0.3 is 5.32 Å². The van der Waals surface area contributed by atoms with Crippen molar-refractivity contribution >= 4 is 0 Å². The smallest absolute Gasteiger partial charge is 0.00198 e. The third kappa shape index (κ3) is 4.05. The van der Waals surface area contributed by atoms with E-state index in [0.717, 1.165) is 13.0 Å². The van der Waals surface area contributed by atoms with Crippen LogP contribution in [0, 0.1) is 0 Å². The molecule has 0 aliphatic rings. The van der Waals surface area contributed by atoms with E-state index in [1.165, 1.54) is 11.1 Å². The quantitative estimate of drug-likeness (QED) is 0.777. The van der Waals surface area contributed by atoms with E-state index < -0.39 is 0 Å². The molecule has 0 bridgehead atoms. The Kier molecular flexibility index (Phi) is 4.83. The first-order chi connectivity index (χ1) is 7.13. The Hall–Kier alpha value is -0.820. The van der Waals surface area contributed by atoms with Crippen LogP contribution in [0.15, 0.2) is 24.3 Å². The first kappa shape index (κ1) is 12.3. The van der Waals surface area contributed by atoms with Gasteiger partial charge in [-0.3, -0.25) is 0 Å². The molecule has 1 aromatic carbocycles. The molecule has 0 aliphatic heterocycles. The van der Waals surface area contributed by atoms with Crippen molar-refractivity contribution in [2.75, 3.05) is 6.54 Å². The summed E-state index contributed by atoms with van der Waals surface area (Å²) in [6.45, 7) is 9.90. The van der Waals surface area contributed by atoms with Crippen LogP contribution in [0.5, 0.6) is 0 Å². The van der Waals surface area contributed by atoms with Crippen LogP contribution >= 0.6 is 0 Å². The summed E-state index contributed by atoms with van der Waals surface area (Å²) in [5.41, 5.74) is 2.85. The van der Waals surface area contributed by atoms with Crippen LogP contribution in [0.1, 0.15) is 44.7 Å². The second kappa shape index (κ2) is 5.92. The minimum atomic E-state index is 0.572. The summed E-state index contributed by atoms with van der Waals surface area (Å²) in [5.74, 6) is 0.596. The molecule has 0 saturated heterocycles. The molecule has 1 heteroatoms. The Morgan fingerprint density at radius 2 is 1.67 bits per heavy atom. The highest BCUT2D eigenvalue weighted by Crippen LogP contribution is 2.15. The molecule has 1 atom stereocenters. The summed E-state index contributed by atoms with van der Waals surface area (Å²) >= 11 is 0. The van der Waals surface area contributed by atoms with Crippen molar-refractivity contribution in [3.8, 4) is 0 Å². The molecule has 1 N–H and O–H groups in total. The molecule has 0 radical (unpaired) electrons. The largest absolute Gasteiger partial charge is 0.314 e. The van der Waals surface area contributed by atoms with Gasteiger partial charge in [-0.1, -0.05) is 52.0 Å². The second-order valence-corrected chi connectivity index (χ2v) is 4.56. The predicted molar refractivity (Wildman–Crippen MR) is 67.4 cm³/mol. The predicted octanol–water partition coefficient (Wildman–Crippen LogP) is 3.35. The number of hydrogen-bond acceptors (Lipinski definition) is 1. The molecule has 84 valence electrons. The van der Waals surface area contributed by atoms with Crippen molar-refractivity contribution < 1.29 is 0 Å². The molecule has 0 fully saturated rings. The fourth-order valence-electron chi connectivity index (χ4n) is 1.61. The molecule has 0 saturated carbocycles. The van der Waals surface area contributed by atoms with Crippen molar-refractivity contribution in [1.82, 2.24) is 5.32 Å². The lowest BCUT2D eigenvalue weighted by molar-refractivity contribution is 0.548. The summed E-state index contributed by atoms with van der Waals surface area (Å²) in [6, 6.07) is 9.56. The van der Waals surface area contributed by atoms with Gasteiger partial charge in [-0.15, -0.1) is 0 Å². The monoisotopic (exact) mass is 205 g/mol. The Morgan fingerprint density at radius 1 is 1.07 bits per heavy atom. The van der Waals surface area contributed by atoms with Gasteiger partial charge in [-0.05, 0) is 23.5 Å². The van der Waals surface area contributed by atoms with Gasteiger partial charge in [-0.2, -0.15) is 0 Å². The number of hydrogen-bond donors (Lipinski definition) is 1. The number of benzene rings is 1. The van der Waals surface area contributed by atoms with E-state index in [1.807, 2.05) is 0 Å². The first-order valence-electron chi connectivity index (χ1n) is 5.95. The van der Waals surface area contributed by atoms with E-state index in [9.17, 15) is 0 Å². The average molecular weight is 205 g/mol. The lowest BCUT2D eigenvalue weighted by Crippen LogP contribution is -2.26. The molecule has 0 aromatic heterocycles. The van der Waals surface area contributed by atoms with Crippen LogP contribution in [-0.4, -0.2) is 12.6 Å². The van der Waals surface area contributed by atoms with E-state index in [0.29, 0.717) is 12.0 Å². The number of rotatable bonds is 5. The maximum Gasteiger partial charge on any atom is 0.00198 e. The van der Waals surface area contributed by atoms with Crippen LogP contribution in [0.4, 0.5) is 0 Å². The number of nitrogens with one attached hydrogen (secondary N) is 1. The van der Waals surface area contributed by atoms with Crippen LogP contribution < -0.4 is 5.32 Å². The minimum absolute atomic E-state index is 0.572. The summed E-state index contributed by atoms with van der Waals surface area (Å²) in [7, 11) is 0. The Labute approximate surface area is 93.9 Å². The third-order valence-corrected chi connectivity index (χ3v) is 2.79. The molecule has 1 aromatic rings. The standard InChI is InChI=1S/C14H23N/c1-5-13-6-8-14(9-7-13)12(4)10-15-11(2)3/h6-9,11-12,15H,5,10H2,1-4H3. The van der Waals surface area contributed by atoms with Crippen LogP contribution in [0.25, 0.3) is 0 Å². The van der Waals surface area contributed by atoms with Crippen molar-refractivity contribution in [2.45, 2.75) is 46.1 Å². The van der Waals surface area contributed by atoms with E-state index in [-0.39, 0.29) is 0 Å². The first-order valence-corrected chi connectivity index (χ1v) is 5.95. The molecule has 15 heavy (non-hydrogen) atoms. The van der Waals surface area contributed by atoms with Crippen LogP contribution in [0.3, 0.4) is 0 Å². The third-order valence-electron chi connectivity index (χ3n) is 2.79. The van der Waals surface area contributed by atoms with Crippen molar-refractivity contribution in [3.63, 3.8) is 0 Å². The summed E-state index contributed by atoms with van der Waals surface area (Å²) in [6.07, 6.45) is 1.12. The van der Waals surface area contributed by atoms with Gasteiger partial charge in [0.25, 0.3) is 0 Å².